The van der Waals surface area contributed by atoms with Crippen LogP contribution < -0.4 is 0 Å². The molecule has 0 unspecified atom stereocenters. The lowest BCUT2D eigenvalue weighted by molar-refractivity contribution is -0.117. The van der Waals surface area contributed by atoms with Crippen LogP contribution in [0.3, 0.4) is 0 Å². The predicted octanol–water partition coefficient (Wildman–Crippen LogP) is 3.11. The van der Waals surface area contributed by atoms with E-state index in [1.54, 1.807) is 0 Å². The van der Waals surface area contributed by atoms with Gasteiger partial charge in [0.25, 0.3) is 0 Å². The lowest BCUT2D eigenvalue weighted by atomic mass is 9.99. The van der Waals surface area contributed by atoms with Gasteiger partial charge in [0.1, 0.15) is 17.4 Å². The monoisotopic (exact) mass is 220 g/mol. The van der Waals surface area contributed by atoms with E-state index in [1.807, 2.05) is 0 Å². The number of ether oxygens (including phenoxy) is 1. The Kier molecular flexibility index (Phi) is 3.94. The number of halogens is 3. The van der Waals surface area contributed by atoms with Crippen molar-refractivity contribution in [1.82, 2.24) is 0 Å². The second-order valence-corrected chi connectivity index (χ2v) is 3.25. The van der Waals surface area contributed by atoms with Gasteiger partial charge in [-0.15, -0.1) is 0 Å². The molecule has 0 heterocycles. The summed E-state index contributed by atoms with van der Waals surface area (Å²) in [6, 6.07) is 0. The van der Waals surface area contributed by atoms with Gasteiger partial charge in [0.15, 0.2) is 0 Å². The van der Waals surface area contributed by atoms with Crippen molar-refractivity contribution in [1.29, 1.82) is 0 Å². The van der Waals surface area contributed by atoms with E-state index >= 15 is 0 Å². The third kappa shape index (κ3) is 3.42. The van der Waals surface area contributed by atoms with Crippen molar-refractivity contribution in [3.8, 4) is 0 Å². The van der Waals surface area contributed by atoms with Gasteiger partial charge in [0, 0.05) is 18.4 Å². The van der Waals surface area contributed by atoms with Crippen LogP contribution in [-0.4, -0.2) is 12.4 Å². The summed E-state index contributed by atoms with van der Waals surface area (Å²) in [5, 5.41) is 0. The number of carbonyl (C=O) groups is 1. The Morgan fingerprint density at radius 3 is 2.80 bits per heavy atom. The number of hydrogen-bond donors (Lipinski definition) is 0. The first kappa shape index (κ1) is 11.8. The molecule has 0 bridgehead atoms. The SMILES string of the molecule is CC(=O)CC1=C(F)CCC=C1OC(F)F. The highest BCUT2D eigenvalue weighted by Crippen LogP contribution is 2.30. The lowest BCUT2D eigenvalue weighted by Gasteiger charge is -2.17. The van der Waals surface area contributed by atoms with Crippen molar-refractivity contribution in [2.75, 3.05) is 0 Å². The van der Waals surface area contributed by atoms with Gasteiger partial charge in [-0.2, -0.15) is 8.78 Å². The molecule has 1 aliphatic carbocycles. The van der Waals surface area contributed by atoms with Gasteiger partial charge < -0.3 is 4.74 Å². The molecule has 2 nitrogen and oxygen atoms in total. The number of alkyl halides is 2. The molecule has 1 aliphatic rings. The summed E-state index contributed by atoms with van der Waals surface area (Å²) >= 11 is 0. The Labute approximate surface area is 85.4 Å². The molecule has 0 aliphatic heterocycles. The first-order chi connectivity index (χ1) is 7.00. The fraction of sp³-hybridized carbons (Fsp3) is 0.500. The number of hydrogen-bond acceptors (Lipinski definition) is 2. The van der Waals surface area contributed by atoms with Gasteiger partial charge in [-0.25, -0.2) is 4.39 Å². The van der Waals surface area contributed by atoms with E-state index in [2.05, 4.69) is 4.74 Å². The molecular formula is C10H11F3O2. The predicted molar refractivity (Wildman–Crippen MR) is 47.8 cm³/mol. The zero-order valence-electron chi connectivity index (χ0n) is 8.23. The Balaban J connectivity index is 2.84. The summed E-state index contributed by atoms with van der Waals surface area (Å²) in [7, 11) is 0. The van der Waals surface area contributed by atoms with Crippen LogP contribution in [0, 0.1) is 0 Å². The average Bonchev–Trinajstić information content (AvgIpc) is 2.09. The molecule has 0 fully saturated rings. The second kappa shape index (κ2) is 5.00. The molecule has 84 valence electrons. The first-order valence-electron chi connectivity index (χ1n) is 4.53. The number of rotatable bonds is 4. The molecular weight excluding hydrogens is 209 g/mol. The summed E-state index contributed by atoms with van der Waals surface area (Å²) in [6.45, 7) is -1.72. The smallest absolute Gasteiger partial charge is 0.387 e. The Bertz CT molecular complexity index is 319. The van der Waals surface area contributed by atoms with Crippen LogP contribution >= 0.6 is 0 Å². The largest absolute Gasteiger partial charge is 0.435 e. The minimum atomic E-state index is -3.00. The van der Waals surface area contributed by atoms with E-state index in [1.165, 1.54) is 13.0 Å². The van der Waals surface area contributed by atoms with Crippen molar-refractivity contribution in [3.63, 3.8) is 0 Å². The van der Waals surface area contributed by atoms with Crippen molar-refractivity contribution in [2.45, 2.75) is 32.8 Å². The van der Waals surface area contributed by atoms with Crippen LogP contribution in [0.4, 0.5) is 13.2 Å². The number of carbonyl (C=O) groups excluding carboxylic acids is 1. The van der Waals surface area contributed by atoms with Crippen molar-refractivity contribution in [2.24, 2.45) is 0 Å². The number of ketones is 1. The first-order valence-corrected chi connectivity index (χ1v) is 4.53. The van der Waals surface area contributed by atoms with E-state index < -0.39 is 12.4 Å². The van der Waals surface area contributed by atoms with Crippen molar-refractivity contribution >= 4 is 5.78 Å². The third-order valence-corrected chi connectivity index (χ3v) is 1.96. The maximum Gasteiger partial charge on any atom is 0.387 e. The molecule has 5 heteroatoms. The molecule has 0 saturated carbocycles. The van der Waals surface area contributed by atoms with Gasteiger partial charge in [0.05, 0.1) is 0 Å². The summed E-state index contributed by atoms with van der Waals surface area (Å²) < 4.78 is 41.4. The van der Waals surface area contributed by atoms with Gasteiger partial charge in [0.2, 0.25) is 0 Å². The molecule has 0 amide bonds. The normalized spacial score (nSPS) is 16.7. The van der Waals surface area contributed by atoms with Crippen molar-refractivity contribution in [3.05, 3.63) is 23.2 Å². The summed E-state index contributed by atoms with van der Waals surface area (Å²) in [5.74, 6) is -1.03. The molecule has 0 radical (unpaired) electrons. The van der Waals surface area contributed by atoms with Gasteiger partial charge in [-0.05, 0) is 19.4 Å². The van der Waals surface area contributed by atoms with Crippen molar-refractivity contribution < 1.29 is 22.7 Å². The maximum atomic E-state index is 13.3. The molecule has 0 aromatic heterocycles. The molecule has 15 heavy (non-hydrogen) atoms. The fourth-order valence-electron chi connectivity index (χ4n) is 1.38. The average molecular weight is 220 g/mol. The quantitative estimate of drug-likeness (QED) is 0.727. The van der Waals surface area contributed by atoms with Crippen LogP contribution in [0.15, 0.2) is 23.2 Å². The highest BCUT2D eigenvalue weighted by atomic mass is 19.3. The van der Waals surface area contributed by atoms with Crippen LogP contribution in [-0.2, 0) is 9.53 Å². The van der Waals surface area contributed by atoms with Crippen LogP contribution in [0.1, 0.15) is 26.2 Å². The topological polar surface area (TPSA) is 26.3 Å². The minimum Gasteiger partial charge on any atom is -0.435 e. The Morgan fingerprint density at radius 2 is 2.27 bits per heavy atom. The number of allylic oxidation sites excluding steroid dienone is 3. The number of Topliss-reactive ketones (excluding diaryl/α,β-unsaturated/α-hetero) is 1. The fourth-order valence-corrected chi connectivity index (χ4v) is 1.38. The Hall–Kier alpha value is -1.26. The molecule has 0 aromatic carbocycles. The van der Waals surface area contributed by atoms with Crippen LogP contribution in [0.25, 0.3) is 0 Å². The highest BCUT2D eigenvalue weighted by molar-refractivity contribution is 5.79. The second-order valence-electron chi connectivity index (χ2n) is 3.25. The minimum absolute atomic E-state index is 0.0472. The van der Waals surface area contributed by atoms with Gasteiger partial charge >= 0.3 is 6.61 Å². The third-order valence-electron chi connectivity index (χ3n) is 1.96. The van der Waals surface area contributed by atoms with E-state index in [4.69, 9.17) is 0 Å². The molecule has 0 atom stereocenters. The highest BCUT2D eigenvalue weighted by Gasteiger charge is 2.21. The van der Waals surface area contributed by atoms with E-state index in [0.717, 1.165) is 0 Å². The lowest BCUT2D eigenvalue weighted by Crippen LogP contribution is -2.09. The standard InChI is InChI=1S/C10H11F3O2/c1-6(14)5-7-8(11)3-2-4-9(7)15-10(12)13/h4,10H,2-3,5H2,1H3. The van der Waals surface area contributed by atoms with Crippen LogP contribution in [0.5, 0.6) is 0 Å². The van der Waals surface area contributed by atoms with E-state index in [9.17, 15) is 18.0 Å². The zero-order chi connectivity index (χ0) is 11.4. The van der Waals surface area contributed by atoms with E-state index in [-0.39, 0.29) is 30.0 Å². The van der Waals surface area contributed by atoms with Gasteiger partial charge in [-0.3, -0.25) is 4.79 Å². The molecule has 0 aromatic rings. The molecule has 0 spiro atoms. The summed E-state index contributed by atoms with van der Waals surface area (Å²) in [5.41, 5.74) is -0.0472. The maximum absolute atomic E-state index is 13.3. The summed E-state index contributed by atoms with van der Waals surface area (Å²) in [6.07, 6.45) is 1.63. The zero-order valence-corrected chi connectivity index (χ0v) is 8.23. The van der Waals surface area contributed by atoms with Gasteiger partial charge in [-0.1, -0.05) is 0 Å². The van der Waals surface area contributed by atoms with Crippen LogP contribution in [0.2, 0.25) is 0 Å². The Morgan fingerprint density at radius 1 is 1.60 bits per heavy atom. The summed E-state index contributed by atoms with van der Waals surface area (Å²) in [4.78, 5) is 10.8. The molecule has 0 saturated heterocycles. The molecule has 1 rings (SSSR count). The molecule has 0 N–H and O–H groups in total. The van der Waals surface area contributed by atoms with E-state index in [0.29, 0.717) is 6.42 Å².